The average Bonchev–Trinajstić information content (AvgIpc) is 2.19. The van der Waals surface area contributed by atoms with Crippen LogP contribution in [0.2, 0.25) is 0 Å². The summed E-state index contributed by atoms with van der Waals surface area (Å²) in [5.41, 5.74) is 2.59. The number of rotatable bonds is 1. The second-order valence-corrected chi connectivity index (χ2v) is 6.07. The largest absolute Gasteiger partial charge is 0.0848 e. The van der Waals surface area contributed by atoms with Crippen molar-refractivity contribution in [2.75, 3.05) is 0 Å². The summed E-state index contributed by atoms with van der Waals surface area (Å²) in [5.74, 6) is 2.98. The maximum atomic E-state index is 2.58. The van der Waals surface area contributed by atoms with Crippen molar-refractivity contribution in [3.8, 4) is 0 Å². The maximum Gasteiger partial charge on any atom is -0.0141 e. The van der Waals surface area contributed by atoms with Gasteiger partial charge in [0.2, 0.25) is 0 Å². The molecule has 0 aromatic carbocycles. The van der Waals surface area contributed by atoms with E-state index in [1.165, 1.54) is 38.5 Å². The monoisotopic (exact) mass is 190 g/mol. The number of hydrogen-bond acceptors (Lipinski definition) is 0. The summed E-state index contributed by atoms with van der Waals surface area (Å²) in [6.07, 6.45) is 11.4. The van der Waals surface area contributed by atoms with E-state index in [0.717, 1.165) is 23.2 Å². The lowest BCUT2D eigenvalue weighted by molar-refractivity contribution is -0.112. The molecule has 2 fully saturated rings. The number of allylic oxidation sites excluding steroid dienone is 2. The van der Waals surface area contributed by atoms with E-state index >= 15 is 0 Å². The van der Waals surface area contributed by atoms with Gasteiger partial charge >= 0.3 is 0 Å². The molecule has 4 unspecified atom stereocenters. The van der Waals surface area contributed by atoms with Crippen LogP contribution < -0.4 is 0 Å². The highest BCUT2D eigenvalue weighted by molar-refractivity contribution is 5.24. The molecule has 2 saturated carbocycles. The van der Waals surface area contributed by atoms with Crippen LogP contribution in [0, 0.1) is 23.2 Å². The van der Waals surface area contributed by atoms with E-state index < -0.39 is 0 Å². The van der Waals surface area contributed by atoms with Crippen LogP contribution in [0.3, 0.4) is 0 Å². The van der Waals surface area contributed by atoms with Gasteiger partial charge in [-0.15, -0.1) is 0 Å². The van der Waals surface area contributed by atoms with Crippen molar-refractivity contribution in [1.29, 1.82) is 0 Å². The minimum absolute atomic E-state index is 0.747. The second kappa shape index (κ2) is 2.87. The van der Waals surface area contributed by atoms with Gasteiger partial charge in [0.05, 0.1) is 0 Å². The van der Waals surface area contributed by atoms with E-state index in [4.69, 9.17) is 0 Å². The molecule has 0 bridgehead atoms. The third-order valence-electron chi connectivity index (χ3n) is 5.47. The Morgan fingerprint density at radius 1 is 1.36 bits per heavy atom. The molecule has 3 aliphatic rings. The second-order valence-electron chi connectivity index (χ2n) is 6.07. The Morgan fingerprint density at radius 2 is 2.21 bits per heavy atom. The molecule has 0 nitrogen and oxygen atoms in total. The first-order chi connectivity index (χ1) is 6.72. The third kappa shape index (κ3) is 1.00. The van der Waals surface area contributed by atoms with Gasteiger partial charge in [-0.2, -0.15) is 0 Å². The molecule has 0 saturated heterocycles. The molecule has 0 amide bonds. The van der Waals surface area contributed by atoms with Crippen molar-refractivity contribution < 1.29 is 0 Å². The van der Waals surface area contributed by atoms with Crippen LogP contribution in [0.1, 0.15) is 52.4 Å². The Morgan fingerprint density at radius 3 is 2.71 bits per heavy atom. The van der Waals surface area contributed by atoms with Gasteiger partial charge in [0.25, 0.3) is 0 Å². The van der Waals surface area contributed by atoms with E-state index in [0.29, 0.717) is 0 Å². The van der Waals surface area contributed by atoms with E-state index in [1.807, 2.05) is 5.57 Å². The predicted octanol–water partition coefficient (Wildman–Crippen LogP) is 4.17. The standard InChI is InChI=1S/C14H22/c1-10-5-3-4-6-12(10)13-9-11-7-8-14(11,13)2/h6,10-11,13H,3-5,7-9H2,1-2H3. The molecule has 0 radical (unpaired) electrons. The summed E-state index contributed by atoms with van der Waals surface area (Å²) in [6.45, 7) is 4.98. The molecule has 3 aliphatic carbocycles. The topological polar surface area (TPSA) is 0 Å². The summed E-state index contributed by atoms with van der Waals surface area (Å²) in [7, 11) is 0. The zero-order chi connectivity index (χ0) is 9.76. The molecular weight excluding hydrogens is 168 g/mol. The molecule has 14 heavy (non-hydrogen) atoms. The van der Waals surface area contributed by atoms with Crippen molar-refractivity contribution >= 4 is 0 Å². The average molecular weight is 190 g/mol. The van der Waals surface area contributed by atoms with Gasteiger partial charge in [-0.3, -0.25) is 0 Å². The lowest BCUT2D eigenvalue weighted by atomic mass is 9.41. The first-order valence-electron chi connectivity index (χ1n) is 6.42. The fourth-order valence-corrected chi connectivity index (χ4v) is 4.11. The van der Waals surface area contributed by atoms with Crippen LogP contribution in [-0.2, 0) is 0 Å². The summed E-state index contributed by atoms with van der Waals surface area (Å²) >= 11 is 0. The molecule has 78 valence electrons. The number of fused-ring (bicyclic) bond motifs is 1. The molecule has 0 spiro atoms. The van der Waals surface area contributed by atoms with Crippen molar-refractivity contribution in [2.45, 2.75) is 52.4 Å². The zero-order valence-electron chi connectivity index (χ0n) is 9.55. The molecular formula is C14H22. The molecule has 0 N–H and O–H groups in total. The summed E-state index contributed by atoms with van der Waals surface area (Å²) in [4.78, 5) is 0. The fraction of sp³-hybridized carbons (Fsp3) is 0.857. The van der Waals surface area contributed by atoms with Gasteiger partial charge in [0.15, 0.2) is 0 Å². The van der Waals surface area contributed by atoms with Crippen LogP contribution in [0.4, 0.5) is 0 Å². The Labute approximate surface area is 87.8 Å². The molecule has 0 heterocycles. The smallest absolute Gasteiger partial charge is 0.0141 e. The molecule has 0 aromatic rings. The van der Waals surface area contributed by atoms with Gasteiger partial charge in [-0.1, -0.05) is 25.5 Å². The lowest BCUT2D eigenvalue weighted by Gasteiger charge is -2.64. The predicted molar refractivity (Wildman–Crippen MR) is 60.0 cm³/mol. The Kier molecular flexibility index (Phi) is 1.84. The van der Waals surface area contributed by atoms with Gasteiger partial charge in [0, 0.05) is 0 Å². The van der Waals surface area contributed by atoms with Crippen molar-refractivity contribution in [3.63, 3.8) is 0 Å². The Balaban J connectivity index is 1.79. The summed E-state index contributed by atoms with van der Waals surface area (Å²) < 4.78 is 0. The normalized spacial score (nSPS) is 51.3. The minimum Gasteiger partial charge on any atom is -0.0848 e. The van der Waals surface area contributed by atoms with E-state index in [1.54, 1.807) is 0 Å². The van der Waals surface area contributed by atoms with E-state index in [-0.39, 0.29) is 0 Å². The van der Waals surface area contributed by atoms with E-state index in [9.17, 15) is 0 Å². The van der Waals surface area contributed by atoms with Gasteiger partial charge < -0.3 is 0 Å². The minimum atomic E-state index is 0.747. The first-order valence-corrected chi connectivity index (χ1v) is 6.42. The van der Waals surface area contributed by atoms with Crippen LogP contribution in [-0.4, -0.2) is 0 Å². The van der Waals surface area contributed by atoms with Crippen molar-refractivity contribution in [2.24, 2.45) is 23.2 Å². The SMILES string of the molecule is CC1CCCC=C1C1CC2CCC21C. The first kappa shape index (κ1) is 9.00. The van der Waals surface area contributed by atoms with Crippen molar-refractivity contribution in [1.82, 2.24) is 0 Å². The highest BCUT2D eigenvalue weighted by Gasteiger charge is 2.58. The molecule has 4 atom stereocenters. The van der Waals surface area contributed by atoms with Crippen LogP contribution in [0.15, 0.2) is 11.6 Å². The summed E-state index contributed by atoms with van der Waals surface area (Å²) in [6, 6.07) is 0. The van der Waals surface area contributed by atoms with Crippen LogP contribution in [0.25, 0.3) is 0 Å². The quantitative estimate of drug-likeness (QED) is 0.544. The van der Waals surface area contributed by atoms with Gasteiger partial charge in [-0.25, -0.2) is 0 Å². The molecule has 0 aliphatic heterocycles. The molecule has 0 heteroatoms. The highest BCUT2D eigenvalue weighted by atomic mass is 14.6. The third-order valence-corrected chi connectivity index (χ3v) is 5.47. The molecule has 3 rings (SSSR count). The van der Waals surface area contributed by atoms with Gasteiger partial charge in [0.1, 0.15) is 0 Å². The maximum absolute atomic E-state index is 2.58. The van der Waals surface area contributed by atoms with Gasteiger partial charge in [-0.05, 0) is 61.7 Å². The number of hydrogen-bond donors (Lipinski definition) is 0. The highest BCUT2D eigenvalue weighted by Crippen LogP contribution is 2.67. The van der Waals surface area contributed by atoms with Crippen molar-refractivity contribution in [3.05, 3.63) is 11.6 Å². The zero-order valence-corrected chi connectivity index (χ0v) is 9.55. The molecule has 0 aromatic heterocycles. The Bertz CT molecular complexity index is 276. The van der Waals surface area contributed by atoms with Crippen LogP contribution >= 0.6 is 0 Å². The lowest BCUT2D eigenvalue weighted by Crippen LogP contribution is -2.55. The fourth-order valence-electron chi connectivity index (χ4n) is 4.11. The Hall–Kier alpha value is -0.260. The van der Waals surface area contributed by atoms with E-state index in [2.05, 4.69) is 19.9 Å². The van der Waals surface area contributed by atoms with Crippen LogP contribution in [0.5, 0.6) is 0 Å². The summed E-state index contributed by atoms with van der Waals surface area (Å²) in [5, 5.41) is 0.